The second-order valence-electron chi connectivity index (χ2n) is 8.80. The van der Waals surface area contributed by atoms with Crippen LogP contribution in [0.3, 0.4) is 0 Å². The quantitative estimate of drug-likeness (QED) is 0.0717. The van der Waals surface area contributed by atoms with E-state index in [4.69, 9.17) is 18.9 Å². The standard InChI is InChI=1S/C32H32N2O6/c1-3-5-20-38-26-15-17-27(18-16-26)39-22-31(35)34-33-21-29-28-9-7-6-8-23(28)12-19-30(29)40-32(36)24-10-13-25(14-11-24)37-4-2/h6-19,21H,3-5,20,22H2,1-2H3,(H,34,35)/b33-21-. The summed E-state index contributed by atoms with van der Waals surface area (Å²) >= 11 is 0. The molecule has 4 aromatic rings. The van der Waals surface area contributed by atoms with Crippen molar-refractivity contribution in [2.24, 2.45) is 5.10 Å². The molecule has 0 heterocycles. The van der Waals surface area contributed by atoms with Crippen LogP contribution in [0.1, 0.15) is 42.6 Å². The van der Waals surface area contributed by atoms with Gasteiger partial charge in [-0.3, -0.25) is 4.79 Å². The normalized spacial score (nSPS) is 10.8. The first kappa shape index (κ1) is 28.2. The van der Waals surface area contributed by atoms with Gasteiger partial charge in [0.15, 0.2) is 6.61 Å². The Morgan fingerprint density at radius 3 is 2.20 bits per heavy atom. The molecule has 0 fully saturated rings. The molecule has 4 rings (SSSR count). The zero-order chi connectivity index (χ0) is 28.2. The van der Waals surface area contributed by atoms with E-state index >= 15 is 0 Å². The van der Waals surface area contributed by atoms with E-state index in [9.17, 15) is 9.59 Å². The van der Waals surface area contributed by atoms with Gasteiger partial charge in [0.25, 0.3) is 5.91 Å². The molecular weight excluding hydrogens is 508 g/mol. The molecule has 0 saturated heterocycles. The molecule has 8 nitrogen and oxygen atoms in total. The second kappa shape index (κ2) is 14.3. The Labute approximate surface area is 233 Å². The van der Waals surface area contributed by atoms with Crippen molar-refractivity contribution in [3.8, 4) is 23.0 Å². The summed E-state index contributed by atoms with van der Waals surface area (Å²) in [6.07, 6.45) is 3.52. The third-order valence-electron chi connectivity index (χ3n) is 5.88. The number of nitrogens with one attached hydrogen (secondary N) is 1. The fraction of sp³-hybridized carbons (Fsp3) is 0.219. The van der Waals surface area contributed by atoms with Crippen LogP contribution in [-0.4, -0.2) is 37.9 Å². The lowest BCUT2D eigenvalue weighted by atomic mass is 10.0. The second-order valence-corrected chi connectivity index (χ2v) is 8.80. The lowest BCUT2D eigenvalue weighted by Crippen LogP contribution is -2.24. The van der Waals surface area contributed by atoms with E-state index in [1.165, 1.54) is 6.21 Å². The fourth-order valence-corrected chi connectivity index (χ4v) is 3.83. The Kier molecular flexibility index (Phi) is 10.1. The molecule has 0 saturated carbocycles. The summed E-state index contributed by atoms with van der Waals surface area (Å²) in [5.41, 5.74) is 3.40. The van der Waals surface area contributed by atoms with Gasteiger partial charge in [0, 0.05) is 5.56 Å². The highest BCUT2D eigenvalue weighted by Gasteiger charge is 2.14. The predicted molar refractivity (Wildman–Crippen MR) is 155 cm³/mol. The summed E-state index contributed by atoms with van der Waals surface area (Å²) in [6.45, 7) is 4.98. The molecule has 40 heavy (non-hydrogen) atoms. The molecule has 206 valence electrons. The minimum absolute atomic E-state index is 0.220. The van der Waals surface area contributed by atoms with Crippen molar-refractivity contribution in [2.75, 3.05) is 19.8 Å². The minimum atomic E-state index is -0.521. The predicted octanol–water partition coefficient (Wildman–Crippen LogP) is 6.17. The van der Waals surface area contributed by atoms with Gasteiger partial charge in [0.2, 0.25) is 0 Å². The number of carbonyl (C=O) groups is 2. The molecule has 1 amide bonds. The van der Waals surface area contributed by atoms with Crippen molar-refractivity contribution < 1.29 is 28.5 Å². The number of ether oxygens (including phenoxy) is 4. The van der Waals surface area contributed by atoms with Crippen molar-refractivity contribution >= 4 is 28.9 Å². The first-order valence-corrected chi connectivity index (χ1v) is 13.2. The Hall–Kier alpha value is -4.85. The molecule has 0 aliphatic heterocycles. The topological polar surface area (TPSA) is 95.5 Å². The lowest BCUT2D eigenvalue weighted by molar-refractivity contribution is -0.123. The Morgan fingerprint density at radius 1 is 0.800 bits per heavy atom. The molecular formula is C32H32N2O6. The van der Waals surface area contributed by atoms with Crippen LogP contribution >= 0.6 is 0 Å². The van der Waals surface area contributed by atoms with Gasteiger partial charge in [-0.1, -0.05) is 43.7 Å². The number of hydrogen-bond acceptors (Lipinski definition) is 7. The molecule has 0 aliphatic carbocycles. The van der Waals surface area contributed by atoms with Crippen LogP contribution in [0.15, 0.2) is 90.0 Å². The van der Waals surface area contributed by atoms with Crippen molar-refractivity contribution in [1.82, 2.24) is 5.43 Å². The molecule has 0 spiro atoms. The van der Waals surface area contributed by atoms with Crippen LogP contribution in [0, 0.1) is 0 Å². The number of hydrazone groups is 1. The van der Waals surface area contributed by atoms with Gasteiger partial charge >= 0.3 is 5.97 Å². The van der Waals surface area contributed by atoms with Gasteiger partial charge in [-0.2, -0.15) is 5.10 Å². The number of benzene rings is 4. The van der Waals surface area contributed by atoms with E-state index < -0.39 is 11.9 Å². The third-order valence-corrected chi connectivity index (χ3v) is 5.88. The average molecular weight is 541 g/mol. The summed E-state index contributed by atoms with van der Waals surface area (Å²) in [4.78, 5) is 25.2. The average Bonchev–Trinajstić information content (AvgIpc) is 2.98. The number of nitrogens with zero attached hydrogens (tertiary/aromatic N) is 1. The van der Waals surface area contributed by atoms with Gasteiger partial charge in [0.05, 0.1) is 25.0 Å². The van der Waals surface area contributed by atoms with E-state index in [0.717, 1.165) is 29.4 Å². The summed E-state index contributed by atoms with van der Waals surface area (Å²) in [5, 5.41) is 5.85. The maximum atomic E-state index is 12.9. The van der Waals surface area contributed by atoms with E-state index in [1.807, 2.05) is 37.3 Å². The largest absolute Gasteiger partial charge is 0.494 e. The highest BCUT2D eigenvalue weighted by atomic mass is 16.5. The van der Waals surface area contributed by atoms with Gasteiger partial charge in [0.1, 0.15) is 23.0 Å². The van der Waals surface area contributed by atoms with Gasteiger partial charge in [-0.15, -0.1) is 0 Å². The van der Waals surface area contributed by atoms with E-state index in [1.54, 1.807) is 54.6 Å². The number of hydrogen-bond donors (Lipinski definition) is 1. The van der Waals surface area contributed by atoms with Crippen LogP contribution in [0.2, 0.25) is 0 Å². The zero-order valence-electron chi connectivity index (χ0n) is 22.6. The highest BCUT2D eigenvalue weighted by molar-refractivity contribution is 6.04. The summed E-state index contributed by atoms with van der Waals surface area (Å²) in [6, 6.07) is 25.0. The van der Waals surface area contributed by atoms with Crippen molar-refractivity contribution in [1.29, 1.82) is 0 Å². The lowest BCUT2D eigenvalue weighted by Gasteiger charge is -2.11. The minimum Gasteiger partial charge on any atom is -0.494 e. The zero-order valence-corrected chi connectivity index (χ0v) is 22.6. The van der Waals surface area contributed by atoms with E-state index in [0.29, 0.717) is 41.6 Å². The molecule has 8 heteroatoms. The van der Waals surface area contributed by atoms with Crippen LogP contribution in [0.4, 0.5) is 0 Å². The molecule has 0 unspecified atom stereocenters. The first-order chi connectivity index (χ1) is 19.6. The summed E-state index contributed by atoms with van der Waals surface area (Å²) in [5.74, 6) is 1.32. The van der Waals surface area contributed by atoms with Gasteiger partial charge in [-0.05, 0) is 78.7 Å². The number of carbonyl (C=O) groups excluding carboxylic acids is 2. The fourth-order valence-electron chi connectivity index (χ4n) is 3.83. The first-order valence-electron chi connectivity index (χ1n) is 13.2. The molecule has 0 aromatic heterocycles. The Morgan fingerprint density at radius 2 is 1.48 bits per heavy atom. The highest BCUT2D eigenvalue weighted by Crippen LogP contribution is 2.28. The Balaban J connectivity index is 1.40. The SMILES string of the molecule is CCCCOc1ccc(OCC(=O)N/N=C\c2c(OC(=O)c3ccc(OCC)cc3)ccc3ccccc23)cc1. The van der Waals surface area contributed by atoms with Crippen LogP contribution in [0.5, 0.6) is 23.0 Å². The maximum Gasteiger partial charge on any atom is 0.343 e. The number of esters is 1. The molecule has 0 atom stereocenters. The van der Waals surface area contributed by atoms with E-state index in [2.05, 4.69) is 17.5 Å². The van der Waals surface area contributed by atoms with Crippen LogP contribution in [0.25, 0.3) is 10.8 Å². The van der Waals surface area contributed by atoms with Gasteiger partial charge in [-0.25, -0.2) is 10.2 Å². The summed E-state index contributed by atoms with van der Waals surface area (Å²) < 4.78 is 22.3. The van der Waals surface area contributed by atoms with E-state index in [-0.39, 0.29) is 6.61 Å². The number of rotatable bonds is 13. The van der Waals surface area contributed by atoms with Crippen molar-refractivity contribution in [3.05, 3.63) is 96.1 Å². The number of amides is 1. The number of fused-ring (bicyclic) bond motifs is 1. The van der Waals surface area contributed by atoms with Crippen molar-refractivity contribution in [2.45, 2.75) is 26.7 Å². The maximum absolute atomic E-state index is 12.9. The van der Waals surface area contributed by atoms with Crippen LogP contribution < -0.4 is 24.4 Å². The van der Waals surface area contributed by atoms with Gasteiger partial charge < -0.3 is 18.9 Å². The monoisotopic (exact) mass is 540 g/mol. The molecule has 0 aliphatic rings. The smallest absolute Gasteiger partial charge is 0.343 e. The molecule has 4 aromatic carbocycles. The molecule has 1 N–H and O–H groups in total. The van der Waals surface area contributed by atoms with Crippen molar-refractivity contribution in [3.63, 3.8) is 0 Å². The van der Waals surface area contributed by atoms with Crippen LogP contribution in [-0.2, 0) is 4.79 Å². The number of unbranched alkanes of at least 4 members (excludes halogenated alkanes) is 1. The Bertz CT molecular complexity index is 1450. The third kappa shape index (κ3) is 7.83. The molecule has 0 radical (unpaired) electrons. The summed E-state index contributed by atoms with van der Waals surface area (Å²) in [7, 11) is 0. The molecule has 0 bridgehead atoms.